The highest BCUT2D eigenvalue weighted by atomic mass is 79.9. The lowest BCUT2D eigenvalue weighted by atomic mass is 10.00. The van der Waals surface area contributed by atoms with Crippen molar-refractivity contribution in [1.82, 2.24) is 9.88 Å². The lowest BCUT2D eigenvalue weighted by Gasteiger charge is -2.19. The van der Waals surface area contributed by atoms with Crippen molar-refractivity contribution in [2.45, 2.75) is 18.9 Å². The van der Waals surface area contributed by atoms with Gasteiger partial charge in [-0.05, 0) is 40.8 Å². The molecule has 1 aliphatic carbocycles. The highest BCUT2D eigenvalue weighted by Crippen LogP contribution is 2.38. The molecule has 5 nitrogen and oxygen atoms in total. The minimum Gasteiger partial charge on any atom is -0.393 e. The summed E-state index contributed by atoms with van der Waals surface area (Å²) in [6, 6.07) is 1.80. The number of aliphatic hydroxyl groups excluding tert-OH is 1. The molecule has 2 fully saturated rings. The fourth-order valence-corrected chi connectivity index (χ4v) is 3.71. The highest BCUT2D eigenvalue weighted by molar-refractivity contribution is 9.10. The van der Waals surface area contributed by atoms with Crippen LogP contribution in [0.1, 0.15) is 23.2 Å². The van der Waals surface area contributed by atoms with Gasteiger partial charge in [0, 0.05) is 36.7 Å². The number of fused-ring (bicyclic) bond motifs is 1. The predicted octanol–water partition coefficient (Wildman–Crippen LogP) is 1.73. The molecule has 1 aromatic heterocycles. The third-order valence-electron chi connectivity index (χ3n) is 4.43. The molecule has 0 bridgehead atoms. The number of halogens is 1. The number of hydrogen-bond donors (Lipinski definition) is 2. The molecule has 2 aliphatic rings. The molecule has 1 saturated carbocycles. The van der Waals surface area contributed by atoms with Gasteiger partial charge in [0.25, 0.3) is 5.91 Å². The summed E-state index contributed by atoms with van der Waals surface area (Å²) in [6.07, 6.45) is 3.32. The Balaban J connectivity index is 1.82. The molecule has 0 radical (unpaired) electrons. The SMILES string of the molecule is CNc1ncc(Br)cc1C(=O)N1CC2CCC(O)C2C1. The van der Waals surface area contributed by atoms with Gasteiger partial charge in [-0.2, -0.15) is 0 Å². The molecule has 2 heterocycles. The second-order valence-corrected chi connectivity index (χ2v) is 6.49. The van der Waals surface area contributed by atoms with Crippen molar-refractivity contribution < 1.29 is 9.90 Å². The summed E-state index contributed by atoms with van der Waals surface area (Å²) in [4.78, 5) is 18.7. The summed E-state index contributed by atoms with van der Waals surface area (Å²) in [5.74, 6) is 1.28. The second kappa shape index (κ2) is 5.33. The van der Waals surface area contributed by atoms with Gasteiger partial charge in [0.1, 0.15) is 5.82 Å². The van der Waals surface area contributed by atoms with Crippen LogP contribution in [0, 0.1) is 11.8 Å². The topological polar surface area (TPSA) is 65.5 Å². The summed E-state index contributed by atoms with van der Waals surface area (Å²) in [6.45, 7) is 1.40. The van der Waals surface area contributed by atoms with Crippen molar-refractivity contribution in [3.63, 3.8) is 0 Å². The molecule has 1 saturated heterocycles. The van der Waals surface area contributed by atoms with E-state index in [1.165, 1.54) is 0 Å². The Morgan fingerprint density at radius 3 is 3.00 bits per heavy atom. The highest BCUT2D eigenvalue weighted by Gasteiger charge is 2.43. The van der Waals surface area contributed by atoms with Crippen LogP contribution in [0.4, 0.5) is 5.82 Å². The summed E-state index contributed by atoms with van der Waals surface area (Å²) in [7, 11) is 1.76. The summed E-state index contributed by atoms with van der Waals surface area (Å²) in [5.41, 5.74) is 0.580. The molecule has 2 N–H and O–H groups in total. The molecule has 3 atom stereocenters. The zero-order valence-electron chi connectivity index (χ0n) is 11.3. The van der Waals surface area contributed by atoms with E-state index in [-0.39, 0.29) is 17.9 Å². The van der Waals surface area contributed by atoms with Gasteiger partial charge in [-0.3, -0.25) is 4.79 Å². The number of likely N-dealkylation sites (tertiary alicyclic amines) is 1. The Bertz CT molecular complexity index is 537. The molecule has 3 rings (SSSR count). The zero-order valence-corrected chi connectivity index (χ0v) is 12.9. The minimum absolute atomic E-state index is 0.00949. The van der Waals surface area contributed by atoms with Crippen molar-refractivity contribution >= 4 is 27.7 Å². The average Bonchev–Trinajstić information content (AvgIpc) is 3.00. The lowest BCUT2D eigenvalue weighted by molar-refractivity contribution is 0.0753. The van der Waals surface area contributed by atoms with Crippen LogP contribution >= 0.6 is 15.9 Å². The number of amides is 1. The van der Waals surface area contributed by atoms with E-state index in [4.69, 9.17) is 0 Å². The molecule has 108 valence electrons. The fraction of sp³-hybridized carbons (Fsp3) is 0.571. The normalized spacial score (nSPS) is 28.6. The Morgan fingerprint density at radius 2 is 2.30 bits per heavy atom. The van der Waals surface area contributed by atoms with Crippen LogP contribution in [0.5, 0.6) is 0 Å². The standard InChI is InChI=1S/C14H18BrN3O2/c1-16-13-10(4-9(15)5-17-13)14(20)18-6-8-2-3-12(19)11(8)7-18/h4-5,8,11-12,19H,2-3,6-7H2,1H3,(H,16,17). The lowest BCUT2D eigenvalue weighted by Crippen LogP contribution is -2.31. The summed E-state index contributed by atoms with van der Waals surface area (Å²) < 4.78 is 0.791. The number of anilines is 1. The van der Waals surface area contributed by atoms with Crippen LogP contribution in [0.3, 0.4) is 0 Å². The molecule has 0 aromatic carbocycles. The monoisotopic (exact) mass is 339 g/mol. The first-order valence-electron chi connectivity index (χ1n) is 6.90. The molecule has 1 aromatic rings. The maximum atomic E-state index is 12.7. The number of aliphatic hydroxyl groups is 1. The fourth-order valence-electron chi connectivity index (χ4n) is 3.37. The van der Waals surface area contributed by atoms with Crippen molar-refractivity contribution in [2.75, 3.05) is 25.5 Å². The maximum absolute atomic E-state index is 12.7. The predicted molar refractivity (Wildman–Crippen MR) is 79.6 cm³/mol. The van der Waals surface area contributed by atoms with Crippen molar-refractivity contribution in [3.05, 3.63) is 22.3 Å². The number of aromatic nitrogens is 1. The molecular weight excluding hydrogens is 322 g/mol. The van der Waals surface area contributed by atoms with Gasteiger partial charge in [-0.25, -0.2) is 4.98 Å². The Labute approximate surface area is 126 Å². The molecule has 1 aliphatic heterocycles. The molecule has 3 unspecified atom stereocenters. The van der Waals surface area contributed by atoms with Gasteiger partial charge >= 0.3 is 0 Å². The van der Waals surface area contributed by atoms with Crippen molar-refractivity contribution in [3.8, 4) is 0 Å². The van der Waals surface area contributed by atoms with E-state index in [0.717, 1.165) is 23.9 Å². The Hall–Kier alpha value is -1.14. The largest absolute Gasteiger partial charge is 0.393 e. The number of hydrogen-bond acceptors (Lipinski definition) is 4. The quantitative estimate of drug-likeness (QED) is 0.861. The molecule has 20 heavy (non-hydrogen) atoms. The van der Waals surface area contributed by atoms with E-state index in [1.54, 1.807) is 19.3 Å². The van der Waals surface area contributed by atoms with Crippen LogP contribution in [0.2, 0.25) is 0 Å². The van der Waals surface area contributed by atoms with E-state index >= 15 is 0 Å². The van der Waals surface area contributed by atoms with Gasteiger partial charge in [0.2, 0.25) is 0 Å². The van der Waals surface area contributed by atoms with Crippen LogP contribution in [-0.4, -0.2) is 47.1 Å². The van der Waals surface area contributed by atoms with Gasteiger partial charge in [-0.1, -0.05) is 0 Å². The van der Waals surface area contributed by atoms with Gasteiger partial charge in [0.15, 0.2) is 0 Å². The van der Waals surface area contributed by atoms with Gasteiger partial charge in [0.05, 0.1) is 11.7 Å². The van der Waals surface area contributed by atoms with Gasteiger partial charge < -0.3 is 15.3 Å². The smallest absolute Gasteiger partial charge is 0.257 e. The summed E-state index contributed by atoms with van der Waals surface area (Å²) >= 11 is 3.36. The third-order valence-corrected chi connectivity index (χ3v) is 4.86. The number of carbonyl (C=O) groups is 1. The van der Waals surface area contributed by atoms with E-state index in [0.29, 0.717) is 23.8 Å². The molecule has 6 heteroatoms. The van der Waals surface area contributed by atoms with Crippen molar-refractivity contribution in [2.24, 2.45) is 11.8 Å². The van der Waals surface area contributed by atoms with Crippen LogP contribution in [-0.2, 0) is 0 Å². The number of rotatable bonds is 2. The van der Waals surface area contributed by atoms with E-state index in [2.05, 4.69) is 26.2 Å². The zero-order chi connectivity index (χ0) is 14.3. The van der Waals surface area contributed by atoms with Crippen molar-refractivity contribution in [1.29, 1.82) is 0 Å². The van der Waals surface area contributed by atoms with Crippen LogP contribution in [0.25, 0.3) is 0 Å². The third kappa shape index (κ3) is 2.31. The summed E-state index contributed by atoms with van der Waals surface area (Å²) in [5, 5.41) is 12.9. The number of pyridine rings is 1. The maximum Gasteiger partial charge on any atom is 0.257 e. The first-order valence-corrected chi connectivity index (χ1v) is 7.70. The number of carbonyl (C=O) groups excluding carboxylic acids is 1. The van der Waals surface area contributed by atoms with E-state index in [1.807, 2.05) is 4.90 Å². The Kier molecular flexibility index (Phi) is 3.69. The first kappa shape index (κ1) is 13.8. The first-order chi connectivity index (χ1) is 9.60. The minimum atomic E-state index is -0.248. The molecule has 0 spiro atoms. The second-order valence-electron chi connectivity index (χ2n) is 5.58. The number of nitrogens with one attached hydrogen (secondary N) is 1. The number of nitrogens with zero attached hydrogens (tertiary/aromatic N) is 2. The molecule has 1 amide bonds. The van der Waals surface area contributed by atoms with E-state index in [9.17, 15) is 9.90 Å². The van der Waals surface area contributed by atoms with Gasteiger partial charge in [-0.15, -0.1) is 0 Å². The van der Waals surface area contributed by atoms with Crippen LogP contribution in [0.15, 0.2) is 16.7 Å². The Morgan fingerprint density at radius 1 is 1.50 bits per heavy atom. The molecular formula is C14H18BrN3O2. The van der Waals surface area contributed by atoms with E-state index < -0.39 is 0 Å². The average molecular weight is 340 g/mol. The van der Waals surface area contributed by atoms with Crippen LogP contribution < -0.4 is 5.32 Å².